The highest BCUT2D eigenvalue weighted by molar-refractivity contribution is 9.10. The molecule has 0 unspecified atom stereocenters. The van der Waals surface area contributed by atoms with E-state index in [1.807, 2.05) is 45.0 Å². The predicted molar refractivity (Wildman–Crippen MR) is 116 cm³/mol. The molecule has 0 bridgehead atoms. The van der Waals surface area contributed by atoms with E-state index in [2.05, 4.69) is 15.9 Å². The molecule has 2 fully saturated rings. The molecule has 0 N–H and O–H groups in total. The maximum atomic E-state index is 13.3. The minimum absolute atomic E-state index is 0.0550. The van der Waals surface area contributed by atoms with Gasteiger partial charge in [0.15, 0.2) is 5.78 Å². The van der Waals surface area contributed by atoms with Gasteiger partial charge >= 0.3 is 12.1 Å². The van der Waals surface area contributed by atoms with Crippen LogP contribution in [-0.2, 0) is 19.1 Å². The number of hydrogen-bond acceptors (Lipinski definition) is 5. The van der Waals surface area contributed by atoms with Gasteiger partial charge in [0.25, 0.3) is 0 Å². The van der Waals surface area contributed by atoms with Crippen molar-refractivity contribution in [1.82, 2.24) is 4.90 Å². The Morgan fingerprint density at radius 2 is 1.83 bits per heavy atom. The summed E-state index contributed by atoms with van der Waals surface area (Å²) in [6, 6.07) is 7.25. The van der Waals surface area contributed by atoms with E-state index in [0.717, 1.165) is 22.9 Å². The molecule has 164 valence electrons. The zero-order chi connectivity index (χ0) is 22.1. The summed E-state index contributed by atoms with van der Waals surface area (Å²) in [4.78, 5) is 40.2. The van der Waals surface area contributed by atoms with E-state index in [9.17, 15) is 14.4 Å². The largest absolute Gasteiger partial charge is 0.469 e. The fourth-order valence-electron chi connectivity index (χ4n) is 4.37. The summed E-state index contributed by atoms with van der Waals surface area (Å²) in [5.41, 5.74) is -0.459. The predicted octanol–water partition coefficient (Wildman–Crippen LogP) is 4.84. The molecule has 1 aliphatic heterocycles. The first-order valence-corrected chi connectivity index (χ1v) is 11.2. The van der Waals surface area contributed by atoms with E-state index < -0.39 is 23.2 Å². The average Bonchev–Trinajstić information content (AvgIpc) is 3.41. The number of halogens is 1. The smallest absolute Gasteiger partial charge is 0.410 e. The van der Waals surface area contributed by atoms with Crippen molar-refractivity contribution >= 4 is 33.8 Å². The number of rotatable bonds is 5. The zero-order valence-electron chi connectivity index (χ0n) is 18.1. The second-order valence-corrected chi connectivity index (χ2v) is 10.2. The summed E-state index contributed by atoms with van der Waals surface area (Å²) in [5, 5.41) is 0. The number of nitrogens with zero attached hydrogens (tertiary/aromatic N) is 1. The highest BCUT2D eigenvalue weighted by atomic mass is 79.9. The average molecular weight is 480 g/mol. The molecule has 0 radical (unpaired) electrons. The fraction of sp³-hybridized carbons (Fsp3) is 0.609. The number of piperidine rings is 1. The second kappa shape index (κ2) is 8.69. The lowest BCUT2D eigenvalue weighted by molar-refractivity contribution is -0.149. The van der Waals surface area contributed by atoms with Crippen molar-refractivity contribution in [2.24, 2.45) is 5.41 Å². The highest BCUT2D eigenvalue weighted by Crippen LogP contribution is 2.62. The van der Waals surface area contributed by atoms with Gasteiger partial charge in [-0.05, 0) is 64.2 Å². The SMILES string of the molecule is COC(=O)[C@]1(CC(=O)[C@@H]2CCCCN2C(=O)OC(C)(C)C)C[C@H]1c1ccc(Br)cc1. The van der Waals surface area contributed by atoms with Crippen LogP contribution in [0, 0.1) is 5.41 Å². The Hall–Kier alpha value is -1.89. The minimum atomic E-state index is -0.850. The van der Waals surface area contributed by atoms with Gasteiger partial charge in [0.1, 0.15) is 5.60 Å². The number of ketones is 1. The Labute approximate surface area is 186 Å². The van der Waals surface area contributed by atoms with Gasteiger partial charge in [-0.1, -0.05) is 28.1 Å². The van der Waals surface area contributed by atoms with Crippen molar-refractivity contribution in [1.29, 1.82) is 0 Å². The number of amides is 1. The standard InChI is InChI=1S/C23H30BrNO5/c1-22(2,3)30-21(28)25-12-6-5-7-18(25)19(26)14-23(20(27)29-4)13-17(23)15-8-10-16(24)11-9-15/h8-11,17-18H,5-7,12-14H2,1-4H3/t17-,18-,23-/m0/s1. The normalized spacial score (nSPS) is 26.1. The van der Waals surface area contributed by atoms with Gasteiger partial charge in [0, 0.05) is 23.4 Å². The van der Waals surface area contributed by atoms with E-state index in [-0.39, 0.29) is 24.1 Å². The van der Waals surface area contributed by atoms with Gasteiger partial charge in [-0.25, -0.2) is 4.79 Å². The van der Waals surface area contributed by atoms with Crippen LogP contribution in [0.2, 0.25) is 0 Å². The molecular formula is C23H30BrNO5. The first kappa shape index (κ1) is 22.8. The van der Waals surface area contributed by atoms with Crippen LogP contribution in [0.25, 0.3) is 0 Å². The van der Waals surface area contributed by atoms with Crippen LogP contribution >= 0.6 is 15.9 Å². The molecule has 0 spiro atoms. The van der Waals surface area contributed by atoms with Gasteiger partial charge in [0.2, 0.25) is 0 Å². The number of likely N-dealkylation sites (tertiary alicyclic amines) is 1. The Balaban J connectivity index is 1.77. The number of methoxy groups -OCH3 is 1. The molecular weight excluding hydrogens is 450 g/mol. The molecule has 7 heteroatoms. The fourth-order valence-corrected chi connectivity index (χ4v) is 4.63. The van der Waals surface area contributed by atoms with Crippen LogP contribution in [0.3, 0.4) is 0 Å². The topological polar surface area (TPSA) is 72.9 Å². The maximum Gasteiger partial charge on any atom is 0.410 e. The van der Waals surface area contributed by atoms with E-state index in [0.29, 0.717) is 19.4 Å². The van der Waals surface area contributed by atoms with Gasteiger partial charge < -0.3 is 9.47 Å². The molecule has 1 aliphatic carbocycles. The lowest BCUT2D eigenvalue weighted by Gasteiger charge is -2.36. The molecule has 0 aromatic heterocycles. The number of hydrogen-bond donors (Lipinski definition) is 0. The van der Waals surface area contributed by atoms with Crippen molar-refractivity contribution in [2.75, 3.05) is 13.7 Å². The highest BCUT2D eigenvalue weighted by Gasteiger charge is 2.62. The van der Waals surface area contributed by atoms with Gasteiger partial charge in [-0.15, -0.1) is 0 Å². The number of carbonyl (C=O) groups excluding carboxylic acids is 3. The summed E-state index contributed by atoms with van der Waals surface area (Å²) in [5.74, 6) is -0.505. The molecule has 2 aliphatic rings. The number of benzene rings is 1. The lowest BCUT2D eigenvalue weighted by atomic mass is 9.88. The minimum Gasteiger partial charge on any atom is -0.469 e. The van der Waals surface area contributed by atoms with Crippen molar-refractivity contribution in [3.05, 3.63) is 34.3 Å². The monoisotopic (exact) mass is 479 g/mol. The van der Waals surface area contributed by atoms with Crippen LogP contribution in [0.4, 0.5) is 4.79 Å². The number of carbonyl (C=O) groups is 3. The summed E-state index contributed by atoms with van der Waals surface area (Å²) in [6.45, 7) is 5.92. The third-order valence-corrected chi connectivity index (χ3v) is 6.46. The van der Waals surface area contributed by atoms with E-state index in [4.69, 9.17) is 9.47 Å². The van der Waals surface area contributed by atoms with Crippen molar-refractivity contribution in [3.63, 3.8) is 0 Å². The van der Waals surface area contributed by atoms with Crippen LogP contribution in [0.5, 0.6) is 0 Å². The third kappa shape index (κ3) is 4.88. The van der Waals surface area contributed by atoms with E-state index >= 15 is 0 Å². The molecule has 1 saturated heterocycles. The molecule has 1 aromatic carbocycles. The molecule has 30 heavy (non-hydrogen) atoms. The summed E-state index contributed by atoms with van der Waals surface area (Å²) >= 11 is 3.42. The Kier molecular flexibility index (Phi) is 6.60. The van der Waals surface area contributed by atoms with Crippen molar-refractivity contribution in [2.45, 2.75) is 70.4 Å². The number of ether oxygens (including phenoxy) is 2. The number of esters is 1. The molecule has 1 aromatic rings. The van der Waals surface area contributed by atoms with Gasteiger partial charge in [-0.2, -0.15) is 0 Å². The summed E-state index contributed by atoms with van der Waals surface area (Å²) in [6.07, 6.45) is 2.49. The van der Waals surface area contributed by atoms with Crippen molar-refractivity contribution < 1.29 is 23.9 Å². The molecule has 1 heterocycles. The molecule has 6 nitrogen and oxygen atoms in total. The summed E-state index contributed by atoms with van der Waals surface area (Å²) in [7, 11) is 1.36. The van der Waals surface area contributed by atoms with Gasteiger partial charge in [0.05, 0.1) is 18.6 Å². The third-order valence-electron chi connectivity index (χ3n) is 5.93. The Morgan fingerprint density at radius 3 is 2.43 bits per heavy atom. The quantitative estimate of drug-likeness (QED) is 0.564. The van der Waals surface area contributed by atoms with E-state index in [1.54, 1.807) is 4.90 Å². The first-order valence-electron chi connectivity index (χ1n) is 10.4. The van der Waals surface area contributed by atoms with Crippen LogP contribution < -0.4 is 0 Å². The number of Topliss-reactive ketones (excluding diaryl/α,β-unsaturated/α-hetero) is 1. The zero-order valence-corrected chi connectivity index (χ0v) is 19.7. The van der Waals surface area contributed by atoms with Crippen LogP contribution in [-0.4, -0.2) is 48.0 Å². The first-order chi connectivity index (χ1) is 14.1. The lowest BCUT2D eigenvalue weighted by Crippen LogP contribution is -2.50. The van der Waals surface area contributed by atoms with Crippen molar-refractivity contribution in [3.8, 4) is 0 Å². The van der Waals surface area contributed by atoms with Gasteiger partial charge in [-0.3, -0.25) is 14.5 Å². The maximum absolute atomic E-state index is 13.3. The Bertz CT molecular complexity index is 816. The molecule has 3 atom stereocenters. The molecule has 1 saturated carbocycles. The second-order valence-electron chi connectivity index (χ2n) is 9.28. The van der Waals surface area contributed by atoms with Crippen LogP contribution in [0.1, 0.15) is 64.4 Å². The summed E-state index contributed by atoms with van der Waals surface area (Å²) < 4.78 is 11.5. The Morgan fingerprint density at radius 1 is 1.17 bits per heavy atom. The molecule has 1 amide bonds. The molecule has 3 rings (SSSR count). The van der Waals surface area contributed by atoms with E-state index in [1.165, 1.54) is 7.11 Å². The van der Waals surface area contributed by atoms with Crippen LogP contribution in [0.15, 0.2) is 28.7 Å².